The van der Waals surface area contributed by atoms with Gasteiger partial charge in [-0.05, 0) is 56.5 Å². The third-order valence-electron chi connectivity index (χ3n) is 3.34. The first-order chi connectivity index (χ1) is 8.16. The van der Waals surface area contributed by atoms with Crippen molar-refractivity contribution in [2.45, 2.75) is 25.3 Å². The molecule has 0 spiro atoms. The second-order valence-corrected chi connectivity index (χ2v) is 5.64. The summed E-state index contributed by atoms with van der Waals surface area (Å²) in [6.45, 7) is 2.10. The molecule has 94 valence electrons. The molecule has 2 unspecified atom stereocenters. The molecule has 3 N–H and O–H groups in total. The number of nitrogens with two attached hydrogens (primary N) is 1. The zero-order chi connectivity index (χ0) is 12.3. The van der Waals surface area contributed by atoms with Gasteiger partial charge in [-0.2, -0.15) is 0 Å². The molecule has 0 bridgehead atoms. The van der Waals surface area contributed by atoms with E-state index in [1.807, 2.05) is 0 Å². The zero-order valence-corrected chi connectivity index (χ0v) is 11.3. The van der Waals surface area contributed by atoms with Gasteiger partial charge in [-0.15, -0.1) is 0 Å². The van der Waals surface area contributed by atoms with Crippen LogP contribution in [0.5, 0.6) is 0 Å². The molecule has 1 saturated heterocycles. The predicted molar refractivity (Wildman–Crippen MR) is 71.2 cm³/mol. The van der Waals surface area contributed by atoms with E-state index in [-0.39, 0.29) is 11.9 Å². The normalized spacial score (nSPS) is 22.4. The van der Waals surface area contributed by atoms with Gasteiger partial charge in [-0.1, -0.05) is 15.9 Å². The minimum absolute atomic E-state index is 0.204. The van der Waals surface area contributed by atoms with E-state index in [1.165, 1.54) is 18.9 Å². The summed E-state index contributed by atoms with van der Waals surface area (Å²) < 4.78 is 14.5. The molecule has 17 heavy (non-hydrogen) atoms. The lowest BCUT2D eigenvalue weighted by Gasteiger charge is -2.25. The van der Waals surface area contributed by atoms with Crippen molar-refractivity contribution in [1.29, 1.82) is 0 Å². The molecule has 0 aliphatic carbocycles. The van der Waals surface area contributed by atoms with Crippen molar-refractivity contribution in [3.63, 3.8) is 0 Å². The summed E-state index contributed by atoms with van der Waals surface area (Å²) in [7, 11) is 0. The fraction of sp³-hybridized carbons (Fsp3) is 0.538. The van der Waals surface area contributed by atoms with Crippen molar-refractivity contribution in [2.75, 3.05) is 13.1 Å². The van der Waals surface area contributed by atoms with Gasteiger partial charge in [0.2, 0.25) is 0 Å². The van der Waals surface area contributed by atoms with Crippen LogP contribution in [0.2, 0.25) is 0 Å². The highest BCUT2D eigenvalue weighted by Crippen LogP contribution is 2.27. The molecule has 1 fully saturated rings. The van der Waals surface area contributed by atoms with Gasteiger partial charge in [0.1, 0.15) is 5.82 Å². The number of piperidine rings is 1. The molecule has 2 nitrogen and oxygen atoms in total. The Morgan fingerprint density at radius 2 is 2.35 bits per heavy atom. The van der Waals surface area contributed by atoms with Crippen LogP contribution < -0.4 is 11.1 Å². The zero-order valence-electron chi connectivity index (χ0n) is 9.76. The fourth-order valence-electron chi connectivity index (χ4n) is 2.41. The Morgan fingerprint density at radius 1 is 1.53 bits per heavy atom. The van der Waals surface area contributed by atoms with Crippen LogP contribution in [0.1, 0.15) is 30.9 Å². The molecular weight excluding hydrogens is 283 g/mol. The van der Waals surface area contributed by atoms with Crippen LogP contribution >= 0.6 is 15.9 Å². The highest BCUT2D eigenvalue weighted by molar-refractivity contribution is 9.10. The summed E-state index contributed by atoms with van der Waals surface area (Å²) in [6, 6.07) is 4.75. The topological polar surface area (TPSA) is 38.0 Å². The third-order valence-corrected chi connectivity index (χ3v) is 3.84. The molecule has 1 aromatic carbocycles. The molecule has 0 saturated carbocycles. The van der Waals surface area contributed by atoms with Crippen LogP contribution in [-0.2, 0) is 0 Å². The van der Waals surface area contributed by atoms with Gasteiger partial charge >= 0.3 is 0 Å². The molecule has 1 aromatic rings. The molecule has 0 amide bonds. The minimum atomic E-state index is -0.211. The van der Waals surface area contributed by atoms with E-state index in [9.17, 15) is 4.39 Å². The summed E-state index contributed by atoms with van der Waals surface area (Å²) in [5.41, 5.74) is 6.72. The van der Waals surface area contributed by atoms with Gasteiger partial charge in [0, 0.05) is 16.1 Å². The van der Waals surface area contributed by atoms with Crippen LogP contribution in [0.3, 0.4) is 0 Å². The van der Waals surface area contributed by atoms with Crippen molar-refractivity contribution in [2.24, 2.45) is 11.7 Å². The number of nitrogens with one attached hydrogen (secondary N) is 1. The van der Waals surface area contributed by atoms with Crippen LogP contribution in [-0.4, -0.2) is 13.1 Å². The van der Waals surface area contributed by atoms with E-state index >= 15 is 0 Å². The number of benzene rings is 1. The summed E-state index contributed by atoms with van der Waals surface area (Å²) in [5, 5.41) is 3.36. The maximum absolute atomic E-state index is 13.7. The van der Waals surface area contributed by atoms with E-state index in [0.717, 1.165) is 24.0 Å². The largest absolute Gasteiger partial charge is 0.324 e. The molecule has 1 heterocycles. The van der Waals surface area contributed by atoms with Crippen molar-refractivity contribution >= 4 is 15.9 Å². The summed E-state index contributed by atoms with van der Waals surface area (Å²) >= 11 is 3.36. The second-order valence-electron chi connectivity index (χ2n) is 4.72. The standard InChI is InChI=1S/C13H18BrFN2/c14-10-3-4-12(15)11(7-10)13(16)6-9-2-1-5-17-8-9/h3-4,7,9,13,17H,1-2,5-6,8,16H2. The van der Waals surface area contributed by atoms with Crippen LogP contribution in [0.15, 0.2) is 22.7 Å². The smallest absolute Gasteiger partial charge is 0.128 e. The van der Waals surface area contributed by atoms with E-state index in [4.69, 9.17) is 5.73 Å². The molecule has 1 aliphatic heterocycles. The second kappa shape index (κ2) is 5.94. The Balaban J connectivity index is 2.02. The first-order valence-corrected chi connectivity index (χ1v) is 6.87. The average molecular weight is 301 g/mol. The Bertz CT molecular complexity index is 378. The Labute approximate surface area is 110 Å². The summed E-state index contributed by atoms with van der Waals surface area (Å²) in [6.07, 6.45) is 3.23. The maximum atomic E-state index is 13.7. The monoisotopic (exact) mass is 300 g/mol. The lowest BCUT2D eigenvalue weighted by Crippen LogP contribution is -2.32. The Kier molecular flexibility index (Phi) is 4.54. The van der Waals surface area contributed by atoms with Gasteiger partial charge in [0.25, 0.3) is 0 Å². The molecule has 4 heteroatoms. The highest BCUT2D eigenvalue weighted by atomic mass is 79.9. The van der Waals surface area contributed by atoms with E-state index in [1.54, 1.807) is 12.1 Å². The van der Waals surface area contributed by atoms with Gasteiger partial charge < -0.3 is 11.1 Å². The first-order valence-electron chi connectivity index (χ1n) is 6.08. The number of hydrogen-bond donors (Lipinski definition) is 2. The van der Waals surface area contributed by atoms with Gasteiger partial charge in [0.15, 0.2) is 0 Å². The van der Waals surface area contributed by atoms with Crippen molar-refractivity contribution in [1.82, 2.24) is 5.32 Å². The lowest BCUT2D eigenvalue weighted by atomic mass is 9.90. The molecule has 2 rings (SSSR count). The van der Waals surface area contributed by atoms with E-state index in [0.29, 0.717) is 11.5 Å². The van der Waals surface area contributed by atoms with Crippen LogP contribution in [0, 0.1) is 11.7 Å². The lowest BCUT2D eigenvalue weighted by molar-refractivity contribution is 0.334. The van der Waals surface area contributed by atoms with Crippen molar-refractivity contribution in [3.8, 4) is 0 Å². The number of hydrogen-bond acceptors (Lipinski definition) is 2. The predicted octanol–water partition coefficient (Wildman–Crippen LogP) is 2.98. The maximum Gasteiger partial charge on any atom is 0.128 e. The Morgan fingerprint density at radius 3 is 3.06 bits per heavy atom. The van der Waals surface area contributed by atoms with Crippen LogP contribution in [0.4, 0.5) is 4.39 Å². The summed E-state index contributed by atoms with van der Waals surface area (Å²) in [4.78, 5) is 0. The van der Waals surface area contributed by atoms with Crippen molar-refractivity contribution in [3.05, 3.63) is 34.1 Å². The van der Waals surface area contributed by atoms with Gasteiger partial charge in [0.05, 0.1) is 0 Å². The molecule has 2 atom stereocenters. The third kappa shape index (κ3) is 3.50. The molecule has 0 aromatic heterocycles. The van der Waals surface area contributed by atoms with E-state index < -0.39 is 0 Å². The Hall–Kier alpha value is -0.450. The van der Waals surface area contributed by atoms with Gasteiger partial charge in [-0.3, -0.25) is 0 Å². The molecule has 0 radical (unpaired) electrons. The highest BCUT2D eigenvalue weighted by Gasteiger charge is 2.19. The fourth-order valence-corrected chi connectivity index (χ4v) is 2.79. The minimum Gasteiger partial charge on any atom is -0.324 e. The number of rotatable bonds is 3. The molecular formula is C13H18BrFN2. The first kappa shape index (κ1) is 13.0. The molecule has 1 aliphatic rings. The number of halogens is 2. The van der Waals surface area contributed by atoms with E-state index in [2.05, 4.69) is 21.2 Å². The van der Waals surface area contributed by atoms with Crippen LogP contribution in [0.25, 0.3) is 0 Å². The van der Waals surface area contributed by atoms with Crippen molar-refractivity contribution < 1.29 is 4.39 Å². The SMILES string of the molecule is NC(CC1CCCNC1)c1cc(Br)ccc1F. The quantitative estimate of drug-likeness (QED) is 0.901. The summed E-state index contributed by atoms with van der Waals surface area (Å²) in [5.74, 6) is 0.363. The van der Waals surface area contributed by atoms with Gasteiger partial charge in [-0.25, -0.2) is 4.39 Å². The average Bonchev–Trinajstić information content (AvgIpc) is 2.33.